The van der Waals surface area contributed by atoms with Crippen molar-refractivity contribution in [3.05, 3.63) is 569 Å². The molecule has 0 nitrogen and oxygen atoms in total. The monoisotopic (exact) mass is 1890 g/mol. The molecule has 0 atom stereocenters. The molecule has 0 N–H and O–H groups in total. The van der Waals surface area contributed by atoms with Gasteiger partial charge in [-0.15, -0.1) is 0 Å². The molecule has 0 unspecified atom stereocenters. The topological polar surface area (TPSA) is 0 Å². The quantitative estimate of drug-likeness (QED) is 0.0845. The predicted molar refractivity (Wildman–Crippen MR) is 643 cm³/mol. The van der Waals surface area contributed by atoms with Gasteiger partial charge in [0, 0.05) is 0 Å². The van der Waals surface area contributed by atoms with Crippen molar-refractivity contribution in [2.24, 2.45) is 0 Å². The highest BCUT2D eigenvalue weighted by atomic mass is 14.3. The first-order chi connectivity index (χ1) is 78.0. The molecule has 0 aliphatic rings. The predicted octanol–water partition coefficient (Wildman–Crippen LogP) is 42.1. The molecule has 0 amide bonds. The average molecular weight is 1900 g/mol. The van der Waals surface area contributed by atoms with Crippen LogP contribution in [0.5, 0.6) is 0 Å². The third-order valence-corrected chi connectivity index (χ3v) is 30.7. The molecule has 30 aromatic rings. The zero-order valence-electron chi connectivity index (χ0n) is 91.4. The van der Waals surface area contributed by atoms with Gasteiger partial charge in [-0.05, 0) is 344 Å². The van der Waals surface area contributed by atoms with E-state index in [-0.39, 0.29) is 59.5 Å². The van der Waals surface area contributed by atoms with Crippen molar-refractivity contribution in [3.63, 3.8) is 0 Å². The van der Waals surface area contributed by atoms with Crippen LogP contribution in [0, 0.1) is 6.92 Å². The summed E-state index contributed by atoms with van der Waals surface area (Å²) in [5.74, 6) is 0. The Balaban J connectivity index is 0.000000115. The molecule has 0 bridgehead atoms. The fourth-order valence-electron chi connectivity index (χ4n) is 23.9. The van der Waals surface area contributed by atoms with Gasteiger partial charge in [-0.3, -0.25) is 0 Å². The van der Waals surface area contributed by atoms with E-state index in [1.807, 2.05) is 72.8 Å². The highest BCUT2D eigenvalue weighted by Crippen LogP contribution is 2.54. The number of benzene rings is 30. The van der Waals surface area contributed by atoms with Gasteiger partial charge in [-0.25, -0.2) is 0 Å². The summed E-state index contributed by atoms with van der Waals surface area (Å²) in [6.45, 7) is 2.09. The smallest absolute Gasteiger partial charge is 0.0622 e. The van der Waals surface area contributed by atoms with Crippen molar-refractivity contribution in [2.45, 2.75) is 6.92 Å². The second kappa shape index (κ2) is 36.9. The highest BCUT2D eigenvalue weighted by molar-refractivity contribution is 6.32. The standard InChI is InChI=1S/C62H38.C50H32.C37H26/c1-3-16-49-42(11-1)13-10-22-50(49)43-29-27-40(28-30-43)39-23-25-41(26-24-39)48-37-47-12-2-4-17-51(47)58(38-48)62-54-20-7-5-18-52(54)61(53-19-6-8-21-55(53)62)57-36-34-46-32-31-44-14-9-15-45-33-35-56(57)60(46)59(44)45;1-2-14-35(15-3-1)49-43-22-10-12-24-45(43)50(46-25-13-11-23-44(46)49)48-32-38(30-36-16-4-7-19-40(36)48)33-26-28-34(29-27-33)47-31-37-17-5-6-18-39(37)41-20-8-9-21-42(41)47;1-25-19-21-26(22-20-25)29-23-28-13-5-6-14-30(28)35(24-29)37-33-17-9-7-15-31(33)36(27-11-3-2-4-12-27)32-16-8-10-18-34(32)37/h1-38H;1-32H;2-24H,1H3/i;1D,2D,3D,14D,15D;2D,3D,4D,11D,12D. The molecule has 0 aliphatic heterocycles. The number of fused-ring (bicyclic) bond motifs is 13. The minimum absolute atomic E-state index is 0.198. The molecule has 0 heteroatoms. The van der Waals surface area contributed by atoms with Crippen LogP contribution in [0.3, 0.4) is 0 Å². The SMILES string of the molecule is [2H]c1c([2H])c([2H])c(-c2c3ccccc3c(-c3cc(-c4ccc(-c5cc6ccccc6c6ccccc56)cc4)cc4ccccc34)c3ccccc23)c([2H])c1[2H].[2H]c1c([2H])c([2H])c(-c2c3ccccc3c(-c3cc(-c4ccc(C)cc4)cc4ccccc34)c3ccccc23)c([2H])c1[2H].c1ccc2c(-c3ccc(-c4ccc(-c5cc(-c6c7ccccc7c(-c7ccc8ccc9cccc%10ccc7c8c9%10)c7ccccc67)c6ccccc6c5)cc4)cc3)cccc2c1. The number of aryl methyl sites for hydroxylation is 1. The minimum atomic E-state index is -0.397. The first-order valence-electron chi connectivity index (χ1n) is 56.0. The normalized spacial score (nSPS) is 12.6. The molecule has 0 aromatic heterocycles. The van der Waals surface area contributed by atoms with Gasteiger partial charge in [0.15, 0.2) is 0 Å². The summed E-state index contributed by atoms with van der Waals surface area (Å²) in [6.07, 6.45) is 0. The van der Waals surface area contributed by atoms with Crippen LogP contribution in [-0.2, 0) is 0 Å². The first kappa shape index (κ1) is 77.4. The summed E-state index contributed by atoms with van der Waals surface area (Å²) >= 11 is 0. The summed E-state index contributed by atoms with van der Waals surface area (Å²) in [5, 5.41) is 34.5. The molecule has 30 rings (SSSR count). The van der Waals surface area contributed by atoms with Crippen molar-refractivity contribution in [1.82, 2.24) is 0 Å². The van der Waals surface area contributed by atoms with Gasteiger partial charge in [0.2, 0.25) is 0 Å². The lowest BCUT2D eigenvalue weighted by Crippen LogP contribution is -1.93. The fourth-order valence-corrected chi connectivity index (χ4v) is 23.9. The Hall–Kier alpha value is -19.2. The first-order valence-corrected chi connectivity index (χ1v) is 51.0. The Morgan fingerprint density at radius 2 is 0.376 bits per heavy atom. The summed E-state index contributed by atoms with van der Waals surface area (Å²) in [5.41, 5.74) is 26.4. The molecule has 692 valence electrons. The molecule has 0 radical (unpaired) electrons. The second-order valence-corrected chi connectivity index (χ2v) is 39.0. The summed E-state index contributed by atoms with van der Waals surface area (Å²) in [6, 6.07) is 178. The van der Waals surface area contributed by atoms with Gasteiger partial charge in [-0.1, -0.05) is 527 Å². The maximum Gasteiger partial charge on any atom is 0.0629 e. The maximum absolute atomic E-state index is 8.94. The molecule has 149 heavy (non-hydrogen) atoms. The van der Waals surface area contributed by atoms with Crippen LogP contribution in [0.4, 0.5) is 0 Å². The van der Waals surface area contributed by atoms with Crippen LogP contribution >= 0.6 is 0 Å². The lowest BCUT2D eigenvalue weighted by molar-refractivity contribution is 1.47. The van der Waals surface area contributed by atoms with E-state index in [9.17, 15) is 0 Å². The van der Waals surface area contributed by atoms with Crippen molar-refractivity contribution in [3.8, 4) is 134 Å². The molecule has 0 fully saturated rings. The van der Waals surface area contributed by atoms with Crippen molar-refractivity contribution in [1.29, 1.82) is 0 Å². The maximum atomic E-state index is 8.94. The summed E-state index contributed by atoms with van der Waals surface area (Å²) in [4.78, 5) is 0. The number of hydrogen-bond acceptors (Lipinski definition) is 0. The Morgan fingerprint density at radius 3 is 0.765 bits per heavy atom. The lowest BCUT2D eigenvalue weighted by Gasteiger charge is -2.21. The Labute approximate surface area is 879 Å². The van der Waals surface area contributed by atoms with E-state index in [0.717, 1.165) is 115 Å². The zero-order chi connectivity index (χ0) is 107. The number of hydrogen-bond donors (Lipinski definition) is 0. The van der Waals surface area contributed by atoms with E-state index >= 15 is 0 Å². The van der Waals surface area contributed by atoms with E-state index in [0.29, 0.717) is 11.1 Å². The molecule has 0 saturated carbocycles. The van der Waals surface area contributed by atoms with Gasteiger partial charge in [0.1, 0.15) is 0 Å². The van der Waals surface area contributed by atoms with Gasteiger partial charge < -0.3 is 0 Å². The third-order valence-electron chi connectivity index (χ3n) is 30.7. The Morgan fingerprint density at radius 1 is 0.121 bits per heavy atom. The van der Waals surface area contributed by atoms with E-state index in [1.165, 1.54) is 164 Å². The van der Waals surface area contributed by atoms with E-state index in [1.54, 1.807) is 0 Å². The molecule has 0 saturated heterocycles. The van der Waals surface area contributed by atoms with Crippen LogP contribution < -0.4 is 0 Å². The molecular weight excluding hydrogens is 1790 g/mol. The number of rotatable bonds is 12. The summed E-state index contributed by atoms with van der Waals surface area (Å²) in [7, 11) is 0. The van der Waals surface area contributed by atoms with Gasteiger partial charge in [0.05, 0.1) is 13.7 Å². The van der Waals surface area contributed by atoms with E-state index in [2.05, 4.69) is 438 Å². The lowest BCUT2D eigenvalue weighted by atomic mass is 9.82. The molecule has 30 aromatic carbocycles. The molecule has 0 heterocycles. The highest BCUT2D eigenvalue weighted by Gasteiger charge is 2.26. The molecular formula is C149H96. The van der Waals surface area contributed by atoms with Crippen LogP contribution in [0.1, 0.15) is 19.3 Å². The van der Waals surface area contributed by atoms with E-state index < -0.39 is 12.1 Å². The van der Waals surface area contributed by atoms with Crippen LogP contribution in [-0.4, -0.2) is 0 Å². The van der Waals surface area contributed by atoms with Crippen LogP contribution in [0.15, 0.2) is 564 Å². The average Bonchev–Trinajstić information content (AvgIpc) is 0.728. The largest absolute Gasteiger partial charge is 0.0629 e. The minimum Gasteiger partial charge on any atom is -0.0622 e. The van der Waals surface area contributed by atoms with Gasteiger partial charge in [0.25, 0.3) is 0 Å². The Kier molecular flexibility index (Phi) is 19.1. The Bertz CT molecular complexity index is 11000. The fraction of sp³-hybridized carbons (Fsp3) is 0.00671. The van der Waals surface area contributed by atoms with E-state index in [4.69, 9.17) is 13.7 Å². The zero-order valence-corrected chi connectivity index (χ0v) is 81.4. The second-order valence-electron chi connectivity index (χ2n) is 39.0. The molecule has 0 aliphatic carbocycles. The molecule has 0 spiro atoms. The van der Waals surface area contributed by atoms with Crippen molar-refractivity contribution < 1.29 is 13.7 Å². The van der Waals surface area contributed by atoms with Crippen molar-refractivity contribution >= 4 is 162 Å². The van der Waals surface area contributed by atoms with Crippen molar-refractivity contribution in [2.75, 3.05) is 0 Å². The summed E-state index contributed by atoms with van der Waals surface area (Å²) < 4.78 is 85.7. The third kappa shape index (κ3) is 15.3. The van der Waals surface area contributed by atoms with Gasteiger partial charge >= 0.3 is 0 Å². The van der Waals surface area contributed by atoms with Crippen LogP contribution in [0.25, 0.3) is 295 Å². The van der Waals surface area contributed by atoms with Crippen LogP contribution in [0.2, 0.25) is 0 Å². The van der Waals surface area contributed by atoms with Gasteiger partial charge in [-0.2, -0.15) is 0 Å².